The molecule has 0 aliphatic rings. The zero-order valence-corrected chi connectivity index (χ0v) is 14.3. The molecular weight excluding hydrogens is 308 g/mol. The largest absolute Gasteiger partial charge is 0.325 e. The number of hydrogen-bond acceptors (Lipinski definition) is 3. The van der Waals surface area contributed by atoms with Crippen LogP contribution in [-0.2, 0) is 15.6 Å². The molecule has 2 unspecified atom stereocenters. The van der Waals surface area contributed by atoms with E-state index in [1.165, 1.54) is 0 Å². The Morgan fingerprint density at radius 2 is 1.95 bits per heavy atom. The topological polar surface area (TPSA) is 58.2 Å². The average Bonchev–Trinajstić information content (AvgIpc) is 2.46. The van der Waals surface area contributed by atoms with Gasteiger partial charge in [-0.15, -0.1) is 0 Å². The summed E-state index contributed by atoms with van der Waals surface area (Å²) in [5.41, 5.74) is 0.665. The molecule has 1 rings (SSSR count). The molecule has 4 nitrogen and oxygen atoms in total. The second-order valence-electron chi connectivity index (χ2n) is 5.04. The first-order valence-corrected chi connectivity index (χ1v) is 8.82. The van der Waals surface area contributed by atoms with Gasteiger partial charge in [-0.2, -0.15) is 0 Å². The number of carbonyl (C=O) groups excluding carboxylic acids is 1. The molecule has 0 bridgehead atoms. The van der Waals surface area contributed by atoms with Crippen molar-refractivity contribution >= 4 is 34.0 Å². The maximum Gasteiger partial charge on any atom is 0.237 e. The van der Waals surface area contributed by atoms with Gasteiger partial charge in [0.05, 0.1) is 0 Å². The molecule has 2 N–H and O–H groups in total. The van der Waals surface area contributed by atoms with Crippen LogP contribution in [0, 0.1) is 0 Å². The first-order valence-electron chi connectivity index (χ1n) is 7.06. The normalized spacial score (nSPS) is 15.2. The summed E-state index contributed by atoms with van der Waals surface area (Å²) in [5, 5.41) is 6.52. The maximum absolute atomic E-state index is 12.3. The number of nitrogens with one attached hydrogen (secondary N) is 2. The van der Waals surface area contributed by atoms with Gasteiger partial charge in [0, 0.05) is 32.8 Å². The predicted molar refractivity (Wildman–Crippen MR) is 90.3 cm³/mol. The van der Waals surface area contributed by atoms with Crippen molar-refractivity contribution < 1.29 is 9.00 Å². The van der Waals surface area contributed by atoms with Gasteiger partial charge in [-0.3, -0.25) is 9.00 Å². The average molecular weight is 331 g/mol. The van der Waals surface area contributed by atoms with Gasteiger partial charge >= 0.3 is 0 Å². The van der Waals surface area contributed by atoms with Crippen LogP contribution in [0.5, 0.6) is 0 Å². The summed E-state index contributed by atoms with van der Waals surface area (Å²) in [5.74, 6) is -0.205. The van der Waals surface area contributed by atoms with E-state index in [2.05, 4.69) is 10.6 Å². The van der Waals surface area contributed by atoms with Crippen molar-refractivity contribution in [2.24, 2.45) is 0 Å². The summed E-state index contributed by atoms with van der Waals surface area (Å²) in [7, 11) is 0.716. The Bertz CT molecular complexity index is 479. The lowest BCUT2D eigenvalue weighted by Gasteiger charge is -2.18. The van der Waals surface area contributed by atoms with Gasteiger partial charge in [0.1, 0.15) is 5.75 Å². The van der Waals surface area contributed by atoms with Gasteiger partial charge in [0.15, 0.2) is 0 Å². The summed E-state index contributed by atoms with van der Waals surface area (Å²) in [6.45, 7) is 4.05. The highest BCUT2D eigenvalue weighted by Gasteiger charge is 2.20. The smallest absolute Gasteiger partial charge is 0.237 e. The second kappa shape index (κ2) is 9.18. The fraction of sp³-hybridized carbons (Fsp3) is 0.533. The van der Waals surface area contributed by atoms with E-state index in [0.717, 1.165) is 12.8 Å². The van der Waals surface area contributed by atoms with E-state index in [9.17, 15) is 9.00 Å². The summed E-state index contributed by atoms with van der Waals surface area (Å²) >= 11 is 5.79. The van der Waals surface area contributed by atoms with E-state index in [1.54, 1.807) is 24.3 Å². The van der Waals surface area contributed by atoms with E-state index in [0.29, 0.717) is 16.8 Å². The SMILES string of the molecule is CCC(CC(C)NC)[S@@](=O)CC(=O)Nc1ccc(Cl)cc1. The third kappa shape index (κ3) is 6.59. The molecule has 0 radical (unpaired) electrons. The molecule has 1 aromatic rings. The molecule has 0 aliphatic carbocycles. The molecule has 21 heavy (non-hydrogen) atoms. The molecule has 0 heterocycles. The van der Waals surface area contributed by atoms with Crippen molar-refractivity contribution in [2.45, 2.75) is 38.0 Å². The fourth-order valence-corrected chi connectivity index (χ4v) is 3.52. The minimum atomic E-state index is -1.17. The minimum Gasteiger partial charge on any atom is -0.325 e. The highest BCUT2D eigenvalue weighted by Crippen LogP contribution is 2.14. The van der Waals surface area contributed by atoms with Gasteiger partial charge in [-0.25, -0.2) is 0 Å². The van der Waals surface area contributed by atoms with Crippen molar-refractivity contribution in [2.75, 3.05) is 18.1 Å². The Hall–Kier alpha value is -0.910. The van der Waals surface area contributed by atoms with Crippen LogP contribution < -0.4 is 10.6 Å². The molecule has 0 saturated carbocycles. The number of rotatable bonds is 8. The Kier molecular flexibility index (Phi) is 7.93. The minimum absolute atomic E-state index is 0.0254. The van der Waals surface area contributed by atoms with Crippen molar-refractivity contribution in [3.63, 3.8) is 0 Å². The van der Waals surface area contributed by atoms with Crippen LogP contribution in [0.3, 0.4) is 0 Å². The highest BCUT2D eigenvalue weighted by molar-refractivity contribution is 7.86. The van der Waals surface area contributed by atoms with E-state index < -0.39 is 10.8 Å². The van der Waals surface area contributed by atoms with Crippen molar-refractivity contribution in [3.8, 4) is 0 Å². The summed E-state index contributed by atoms with van der Waals surface area (Å²) in [6.07, 6.45) is 1.60. The number of halogens is 1. The third-order valence-electron chi connectivity index (χ3n) is 3.34. The summed E-state index contributed by atoms with van der Waals surface area (Å²) < 4.78 is 12.3. The van der Waals surface area contributed by atoms with Crippen LogP contribution >= 0.6 is 11.6 Å². The summed E-state index contributed by atoms with van der Waals surface area (Å²) in [4.78, 5) is 11.9. The van der Waals surface area contributed by atoms with Gasteiger partial charge < -0.3 is 10.6 Å². The molecule has 1 amide bonds. The lowest BCUT2D eigenvalue weighted by Crippen LogP contribution is -2.32. The highest BCUT2D eigenvalue weighted by atomic mass is 35.5. The standard InChI is InChI=1S/C15H23ClN2O2S/c1-4-14(9-11(2)17-3)21(20)10-15(19)18-13-7-5-12(16)6-8-13/h5-8,11,14,17H,4,9-10H2,1-3H3,(H,18,19)/t11?,14?,21-/m0/s1. The first-order chi connectivity index (χ1) is 9.96. The van der Waals surface area contributed by atoms with Gasteiger partial charge in [-0.1, -0.05) is 18.5 Å². The van der Waals surface area contributed by atoms with Crippen molar-refractivity contribution in [1.82, 2.24) is 5.32 Å². The van der Waals surface area contributed by atoms with Gasteiger partial charge in [0.25, 0.3) is 0 Å². The van der Waals surface area contributed by atoms with E-state index in [-0.39, 0.29) is 16.9 Å². The molecule has 1 aromatic carbocycles. The zero-order chi connectivity index (χ0) is 15.8. The van der Waals surface area contributed by atoms with E-state index in [1.807, 2.05) is 20.9 Å². The molecule has 0 spiro atoms. The molecule has 0 saturated heterocycles. The Morgan fingerprint density at radius 1 is 1.33 bits per heavy atom. The third-order valence-corrected chi connectivity index (χ3v) is 5.41. The van der Waals surface area contributed by atoms with Gasteiger partial charge in [0.2, 0.25) is 5.91 Å². The maximum atomic E-state index is 12.3. The number of amides is 1. The van der Waals surface area contributed by atoms with Crippen LogP contribution in [0.1, 0.15) is 26.7 Å². The Morgan fingerprint density at radius 3 is 2.48 bits per heavy atom. The van der Waals surface area contributed by atoms with E-state index in [4.69, 9.17) is 11.6 Å². The second-order valence-corrected chi connectivity index (χ2v) is 7.19. The number of hydrogen-bond donors (Lipinski definition) is 2. The Labute approximate surface area is 134 Å². The first kappa shape index (κ1) is 18.1. The number of benzene rings is 1. The van der Waals surface area contributed by atoms with E-state index >= 15 is 0 Å². The fourth-order valence-electron chi connectivity index (χ4n) is 1.95. The lowest BCUT2D eigenvalue weighted by molar-refractivity contribution is -0.113. The molecule has 0 aliphatic heterocycles. The van der Waals surface area contributed by atoms with Crippen LogP contribution in [-0.4, -0.2) is 34.2 Å². The molecule has 0 aromatic heterocycles. The quantitative estimate of drug-likeness (QED) is 0.770. The van der Waals surface area contributed by atoms with Crippen LogP contribution in [0.4, 0.5) is 5.69 Å². The number of carbonyl (C=O) groups is 1. The van der Waals surface area contributed by atoms with Crippen molar-refractivity contribution in [3.05, 3.63) is 29.3 Å². The molecule has 6 heteroatoms. The molecule has 118 valence electrons. The van der Waals surface area contributed by atoms with Crippen LogP contribution in [0.25, 0.3) is 0 Å². The molecule has 0 fully saturated rings. The summed E-state index contributed by atoms with van der Waals surface area (Å²) in [6, 6.07) is 7.15. The van der Waals surface area contributed by atoms with Crippen LogP contribution in [0.15, 0.2) is 24.3 Å². The zero-order valence-electron chi connectivity index (χ0n) is 12.7. The molecule has 3 atom stereocenters. The van der Waals surface area contributed by atoms with Crippen LogP contribution in [0.2, 0.25) is 5.02 Å². The monoisotopic (exact) mass is 330 g/mol. The lowest BCUT2D eigenvalue weighted by atomic mass is 10.1. The van der Waals surface area contributed by atoms with Gasteiger partial charge in [-0.05, 0) is 51.1 Å². The molecular formula is C15H23ClN2O2S. The Balaban J connectivity index is 2.52. The predicted octanol–water partition coefficient (Wildman–Crippen LogP) is 2.80. The number of anilines is 1. The van der Waals surface area contributed by atoms with Crippen molar-refractivity contribution in [1.29, 1.82) is 0 Å².